The first-order valence-corrected chi connectivity index (χ1v) is 4.54. The fourth-order valence-corrected chi connectivity index (χ4v) is 1.44. The van der Waals surface area contributed by atoms with E-state index in [9.17, 15) is 10.1 Å². The van der Waals surface area contributed by atoms with E-state index in [1.165, 1.54) is 13.2 Å². The molecule has 1 atom stereocenters. The minimum atomic E-state index is -0.450. The highest BCUT2D eigenvalue weighted by Gasteiger charge is 2.42. The van der Waals surface area contributed by atoms with Gasteiger partial charge in [0.15, 0.2) is 5.75 Å². The Labute approximate surface area is 86.8 Å². The molecular formula is C10H11NO4. The van der Waals surface area contributed by atoms with Crippen molar-refractivity contribution in [2.75, 3.05) is 13.7 Å². The van der Waals surface area contributed by atoms with Crippen molar-refractivity contribution in [1.29, 1.82) is 0 Å². The van der Waals surface area contributed by atoms with E-state index in [4.69, 9.17) is 9.47 Å². The molecule has 1 aromatic carbocycles. The first-order chi connectivity index (χ1) is 7.07. The van der Waals surface area contributed by atoms with Gasteiger partial charge in [0, 0.05) is 6.07 Å². The molecule has 1 heterocycles. The lowest BCUT2D eigenvalue weighted by Crippen LogP contribution is -2.03. The Morgan fingerprint density at radius 1 is 1.60 bits per heavy atom. The minimum absolute atomic E-state index is 0.0216. The number of hydrogen-bond donors (Lipinski definition) is 0. The summed E-state index contributed by atoms with van der Waals surface area (Å²) < 4.78 is 10.1. The number of hydrogen-bond acceptors (Lipinski definition) is 4. The third kappa shape index (κ3) is 1.66. The lowest BCUT2D eigenvalue weighted by atomic mass is 10.0. The molecule has 0 aliphatic carbocycles. The van der Waals surface area contributed by atoms with Crippen LogP contribution in [0.3, 0.4) is 0 Å². The molecular weight excluding hydrogens is 198 g/mol. The SMILES string of the molecule is COc1ccc(C2(C)CO2)cc1[N+](=O)[O-]. The van der Waals surface area contributed by atoms with Crippen LogP contribution in [0.2, 0.25) is 0 Å². The Balaban J connectivity index is 2.45. The molecule has 1 aliphatic rings. The van der Waals surface area contributed by atoms with Gasteiger partial charge >= 0.3 is 5.69 Å². The zero-order valence-corrected chi connectivity index (χ0v) is 8.52. The van der Waals surface area contributed by atoms with Crippen molar-refractivity contribution in [1.82, 2.24) is 0 Å². The van der Waals surface area contributed by atoms with E-state index in [1.54, 1.807) is 12.1 Å². The standard InChI is InChI=1S/C10H11NO4/c1-10(6-15-10)7-3-4-9(14-2)8(5-7)11(12)13/h3-5H,6H2,1-2H3. The van der Waals surface area contributed by atoms with Crippen LogP contribution >= 0.6 is 0 Å². The van der Waals surface area contributed by atoms with Gasteiger partial charge < -0.3 is 9.47 Å². The molecule has 0 N–H and O–H groups in total. The van der Waals surface area contributed by atoms with Crippen molar-refractivity contribution in [2.24, 2.45) is 0 Å². The molecule has 0 aromatic heterocycles. The van der Waals surface area contributed by atoms with Crippen LogP contribution in [-0.4, -0.2) is 18.6 Å². The van der Waals surface area contributed by atoms with Crippen LogP contribution in [0.15, 0.2) is 18.2 Å². The van der Waals surface area contributed by atoms with Crippen molar-refractivity contribution < 1.29 is 14.4 Å². The molecule has 5 nitrogen and oxygen atoms in total. The maximum absolute atomic E-state index is 10.8. The average molecular weight is 209 g/mol. The number of benzene rings is 1. The van der Waals surface area contributed by atoms with Gasteiger partial charge in [-0.25, -0.2) is 0 Å². The normalized spacial score (nSPS) is 23.6. The predicted molar refractivity (Wildman–Crippen MR) is 53.0 cm³/mol. The molecule has 1 fully saturated rings. The van der Waals surface area contributed by atoms with Gasteiger partial charge in [-0.05, 0) is 18.6 Å². The van der Waals surface area contributed by atoms with Gasteiger partial charge in [0.1, 0.15) is 5.60 Å². The number of nitro groups is 1. The van der Waals surface area contributed by atoms with Gasteiger partial charge in [-0.15, -0.1) is 0 Å². The maximum Gasteiger partial charge on any atom is 0.311 e. The predicted octanol–water partition coefficient (Wildman–Crippen LogP) is 1.85. The number of ether oxygens (including phenoxy) is 2. The molecule has 15 heavy (non-hydrogen) atoms. The summed E-state index contributed by atoms with van der Waals surface area (Å²) in [6.45, 7) is 2.51. The molecule has 1 aliphatic heterocycles. The quantitative estimate of drug-likeness (QED) is 0.433. The summed E-state index contributed by atoms with van der Waals surface area (Å²) in [6, 6.07) is 4.89. The van der Waals surface area contributed by atoms with Crippen LogP contribution in [-0.2, 0) is 10.3 Å². The average Bonchev–Trinajstić information content (AvgIpc) is 2.96. The second-order valence-corrected chi connectivity index (χ2v) is 3.66. The first kappa shape index (κ1) is 9.92. The van der Waals surface area contributed by atoms with Crippen molar-refractivity contribution in [3.8, 4) is 5.75 Å². The van der Waals surface area contributed by atoms with Crippen LogP contribution in [0, 0.1) is 10.1 Å². The molecule has 0 bridgehead atoms. The molecule has 1 saturated heterocycles. The molecule has 1 unspecified atom stereocenters. The molecule has 1 aromatic rings. The molecule has 0 saturated carbocycles. The van der Waals surface area contributed by atoms with Crippen molar-refractivity contribution >= 4 is 5.69 Å². The molecule has 0 spiro atoms. The summed E-state index contributed by atoms with van der Waals surface area (Å²) in [5.74, 6) is 0.271. The van der Waals surface area contributed by atoms with E-state index in [-0.39, 0.29) is 17.0 Å². The van der Waals surface area contributed by atoms with E-state index in [1.807, 2.05) is 6.92 Å². The van der Waals surface area contributed by atoms with Gasteiger partial charge in [0.05, 0.1) is 18.6 Å². The lowest BCUT2D eigenvalue weighted by Gasteiger charge is -2.07. The Kier molecular flexibility index (Phi) is 2.12. The highest BCUT2D eigenvalue weighted by molar-refractivity contribution is 5.50. The molecule has 0 amide bonds. The zero-order chi connectivity index (χ0) is 11.1. The number of rotatable bonds is 3. The molecule has 80 valence electrons. The van der Waals surface area contributed by atoms with Crippen molar-refractivity contribution in [3.05, 3.63) is 33.9 Å². The number of nitrogens with zero attached hydrogens (tertiary/aromatic N) is 1. The molecule has 2 rings (SSSR count). The van der Waals surface area contributed by atoms with Crippen LogP contribution in [0.1, 0.15) is 12.5 Å². The topological polar surface area (TPSA) is 64.9 Å². The van der Waals surface area contributed by atoms with E-state index in [2.05, 4.69) is 0 Å². The summed E-state index contributed by atoms with van der Waals surface area (Å²) in [6.07, 6.45) is 0. The number of epoxide rings is 1. The van der Waals surface area contributed by atoms with E-state index in [0.717, 1.165) is 5.56 Å². The Morgan fingerprint density at radius 3 is 2.73 bits per heavy atom. The van der Waals surface area contributed by atoms with Crippen LogP contribution < -0.4 is 4.74 Å². The Hall–Kier alpha value is -1.62. The van der Waals surface area contributed by atoms with Crippen molar-refractivity contribution in [3.63, 3.8) is 0 Å². The maximum atomic E-state index is 10.8. The van der Waals surface area contributed by atoms with E-state index < -0.39 is 4.92 Å². The van der Waals surface area contributed by atoms with E-state index in [0.29, 0.717) is 6.61 Å². The van der Waals surface area contributed by atoms with Gasteiger partial charge in [-0.1, -0.05) is 6.07 Å². The smallest absolute Gasteiger partial charge is 0.311 e. The third-order valence-electron chi connectivity index (χ3n) is 2.56. The van der Waals surface area contributed by atoms with Gasteiger partial charge in [-0.3, -0.25) is 10.1 Å². The first-order valence-electron chi connectivity index (χ1n) is 4.54. The van der Waals surface area contributed by atoms with Gasteiger partial charge in [0.25, 0.3) is 0 Å². The summed E-state index contributed by atoms with van der Waals surface area (Å²) in [5.41, 5.74) is 0.443. The van der Waals surface area contributed by atoms with E-state index >= 15 is 0 Å². The van der Waals surface area contributed by atoms with Crippen LogP contribution in [0.4, 0.5) is 5.69 Å². The second kappa shape index (κ2) is 3.20. The number of nitro benzene ring substituents is 1. The number of methoxy groups -OCH3 is 1. The van der Waals surface area contributed by atoms with Gasteiger partial charge in [-0.2, -0.15) is 0 Å². The summed E-state index contributed by atoms with van der Waals surface area (Å²) in [7, 11) is 1.41. The minimum Gasteiger partial charge on any atom is -0.490 e. The fraction of sp³-hybridized carbons (Fsp3) is 0.400. The summed E-state index contributed by atoms with van der Waals surface area (Å²) in [5, 5.41) is 10.8. The third-order valence-corrected chi connectivity index (χ3v) is 2.56. The Morgan fingerprint density at radius 2 is 2.27 bits per heavy atom. The zero-order valence-electron chi connectivity index (χ0n) is 8.52. The monoisotopic (exact) mass is 209 g/mol. The Bertz CT molecular complexity index is 412. The van der Waals surface area contributed by atoms with Gasteiger partial charge in [0.2, 0.25) is 0 Å². The van der Waals surface area contributed by atoms with Crippen LogP contribution in [0.5, 0.6) is 5.75 Å². The highest BCUT2D eigenvalue weighted by atomic mass is 16.6. The summed E-state index contributed by atoms with van der Waals surface area (Å²) >= 11 is 0. The highest BCUT2D eigenvalue weighted by Crippen LogP contribution is 2.41. The molecule has 5 heteroatoms. The molecule has 0 radical (unpaired) electrons. The second-order valence-electron chi connectivity index (χ2n) is 3.66. The largest absolute Gasteiger partial charge is 0.490 e. The summed E-state index contributed by atoms with van der Waals surface area (Å²) in [4.78, 5) is 10.3. The lowest BCUT2D eigenvalue weighted by molar-refractivity contribution is -0.385. The fourth-order valence-electron chi connectivity index (χ4n) is 1.44. The van der Waals surface area contributed by atoms with Crippen LogP contribution in [0.25, 0.3) is 0 Å². The van der Waals surface area contributed by atoms with Crippen molar-refractivity contribution in [2.45, 2.75) is 12.5 Å².